The first-order chi connectivity index (χ1) is 7.66. The summed E-state index contributed by atoms with van der Waals surface area (Å²) in [7, 11) is 0. The van der Waals surface area contributed by atoms with Crippen LogP contribution in [0, 0.1) is 0 Å². The second-order valence-corrected chi connectivity index (χ2v) is 5.13. The van der Waals surface area contributed by atoms with E-state index >= 15 is 0 Å². The molecule has 0 saturated heterocycles. The van der Waals surface area contributed by atoms with Gasteiger partial charge >= 0.3 is 0 Å². The molecule has 0 spiro atoms. The van der Waals surface area contributed by atoms with E-state index < -0.39 is 0 Å². The zero-order valence-electron chi connectivity index (χ0n) is 8.93. The highest BCUT2D eigenvalue weighted by atomic mass is 35.5. The lowest BCUT2D eigenvalue weighted by Gasteiger charge is -2.24. The highest BCUT2D eigenvalue weighted by Crippen LogP contribution is 2.32. The van der Waals surface area contributed by atoms with Gasteiger partial charge in [0.05, 0.1) is 15.6 Å². The van der Waals surface area contributed by atoms with E-state index in [1.54, 1.807) is 0 Å². The maximum Gasteiger partial charge on any atom is 0.0613 e. The van der Waals surface area contributed by atoms with Crippen molar-refractivity contribution in [2.75, 3.05) is 6.54 Å². The minimum Gasteiger partial charge on any atom is -0.339 e. The van der Waals surface area contributed by atoms with Crippen LogP contribution in [0.1, 0.15) is 18.7 Å². The van der Waals surface area contributed by atoms with Crippen molar-refractivity contribution in [3.05, 3.63) is 33.9 Å². The molecule has 0 radical (unpaired) electrons. The molecule has 2 nitrogen and oxygen atoms in total. The summed E-state index contributed by atoms with van der Waals surface area (Å²) < 4.78 is 2.34. The Balaban J connectivity index is 2.34. The van der Waals surface area contributed by atoms with Gasteiger partial charge in [-0.3, -0.25) is 0 Å². The third kappa shape index (κ3) is 1.45. The molecule has 3 rings (SSSR count). The maximum atomic E-state index is 6.07. The van der Waals surface area contributed by atoms with E-state index in [4.69, 9.17) is 23.2 Å². The van der Waals surface area contributed by atoms with Crippen LogP contribution in [-0.2, 0) is 6.54 Å². The summed E-state index contributed by atoms with van der Waals surface area (Å²) in [6.45, 7) is 4.11. The zero-order valence-corrected chi connectivity index (χ0v) is 10.4. The van der Waals surface area contributed by atoms with Crippen LogP contribution in [0.25, 0.3) is 10.9 Å². The molecule has 0 saturated carbocycles. The second kappa shape index (κ2) is 3.66. The van der Waals surface area contributed by atoms with E-state index in [1.165, 1.54) is 16.6 Å². The average Bonchev–Trinajstić information content (AvgIpc) is 2.58. The first-order valence-electron chi connectivity index (χ1n) is 5.36. The Kier molecular flexibility index (Phi) is 2.39. The topological polar surface area (TPSA) is 17.0 Å². The zero-order chi connectivity index (χ0) is 11.3. The van der Waals surface area contributed by atoms with Crippen molar-refractivity contribution in [3.8, 4) is 0 Å². The number of rotatable bonds is 0. The lowest BCUT2D eigenvalue weighted by atomic mass is 10.2. The number of aromatic nitrogens is 1. The van der Waals surface area contributed by atoms with Gasteiger partial charge in [-0.25, -0.2) is 0 Å². The van der Waals surface area contributed by atoms with E-state index in [-0.39, 0.29) is 0 Å². The van der Waals surface area contributed by atoms with Crippen LogP contribution >= 0.6 is 23.2 Å². The Morgan fingerprint density at radius 2 is 2.00 bits per heavy atom. The van der Waals surface area contributed by atoms with Crippen molar-refractivity contribution in [3.63, 3.8) is 0 Å². The van der Waals surface area contributed by atoms with Crippen molar-refractivity contribution in [1.82, 2.24) is 9.88 Å². The lowest BCUT2D eigenvalue weighted by molar-refractivity contribution is 0.439. The van der Waals surface area contributed by atoms with Crippen LogP contribution in [0.5, 0.6) is 0 Å². The first kappa shape index (κ1) is 10.5. The Hall–Kier alpha value is -0.700. The molecule has 0 amide bonds. The summed E-state index contributed by atoms with van der Waals surface area (Å²) in [4.78, 5) is 0. The number of hydrogen-bond donors (Lipinski definition) is 1. The molecule has 2 heterocycles. The Morgan fingerprint density at radius 1 is 1.25 bits per heavy atom. The Morgan fingerprint density at radius 3 is 2.81 bits per heavy atom. The summed E-state index contributed by atoms with van der Waals surface area (Å²) in [6, 6.07) is 6.54. The Labute approximate surface area is 104 Å². The SMILES string of the molecule is C[C@@H]1CNCc2cc3cc(Cl)c(Cl)cc3n21. The second-order valence-electron chi connectivity index (χ2n) is 4.31. The van der Waals surface area contributed by atoms with Crippen molar-refractivity contribution < 1.29 is 0 Å². The summed E-state index contributed by atoms with van der Waals surface area (Å²) in [6.07, 6.45) is 0. The monoisotopic (exact) mass is 254 g/mol. The van der Waals surface area contributed by atoms with Crippen molar-refractivity contribution in [1.29, 1.82) is 0 Å². The van der Waals surface area contributed by atoms with Gasteiger partial charge in [0.25, 0.3) is 0 Å². The predicted molar refractivity (Wildman–Crippen MR) is 68.4 cm³/mol. The average molecular weight is 255 g/mol. The van der Waals surface area contributed by atoms with Gasteiger partial charge in [-0.1, -0.05) is 23.2 Å². The summed E-state index contributed by atoms with van der Waals surface area (Å²) in [5.74, 6) is 0. The molecule has 2 aromatic rings. The van der Waals surface area contributed by atoms with E-state index in [0.29, 0.717) is 16.1 Å². The van der Waals surface area contributed by atoms with Gasteiger partial charge in [0, 0.05) is 30.2 Å². The fourth-order valence-electron chi connectivity index (χ4n) is 2.44. The van der Waals surface area contributed by atoms with Crippen molar-refractivity contribution >= 4 is 34.1 Å². The molecular formula is C12H12Cl2N2. The molecule has 1 N–H and O–H groups in total. The standard InChI is InChI=1S/C12H12Cl2N2/c1-7-5-15-6-9-2-8-3-10(13)11(14)4-12(8)16(7)9/h2-4,7,15H,5-6H2,1H3/t7-/m1/s1. The fourth-order valence-corrected chi connectivity index (χ4v) is 2.77. The normalized spacial score (nSPS) is 20.1. The highest BCUT2D eigenvalue weighted by Gasteiger charge is 2.18. The van der Waals surface area contributed by atoms with Gasteiger partial charge in [0.1, 0.15) is 0 Å². The van der Waals surface area contributed by atoms with Crippen molar-refractivity contribution in [2.24, 2.45) is 0 Å². The lowest BCUT2D eigenvalue weighted by Crippen LogP contribution is -2.30. The molecule has 1 aromatic heterocycles. The molecule has 0 unspecified atom stereocenters. The van der Waals surface area contributed by atoms with Gasteiger partial charge in [0.2, 0.25) is 0 Å². The van der Waals surface area contributed by atoms with E-state index in [0.717, 1.165) is 13.1 Å². The highest BCUT2D eigenvalue weighted by molar-refractivity contribution is 6.42. The van der Waals surface area contributed by atoms with Crippen LogP contribution < -0.4 is 5.32 Å². The predicted octanol–water partition coefficient (Wildman–Crippen LogP) is 3.61. The molecule has 0 bridgehead atoms. The summed E-state index contributed by atoms with van der Waals surface area (Å²) >= 11 is 12.1. The maximum absolute atomic E-state index is 6.07. The van der Waals surface area contributed by atoms with Crippen LogP contribution in [0.15, 0.2) is 18.2 Å². The van der Waals surface area contributed by atoms with Gasteiger partial charge < -0.3 is 9.88 Å². The van der Waals surface area contributed by atoms with Crippen molar-refractivity contribution in [2.45, 2.75) is 19.5 Å². The number of halogens is 2. The first-order valence-corrected chi connectivity index (χ1v) is 6.12. The van der Waals surface area contributed by atoms with Crippen LogP contribution in [0.4, 0.5) is 0 Å². The van der Waals surface area contributed by atoms with E-state index in [9.17, 15) is 0 Å². The van der Waals surface area contributed by atoms with Crippen LogP contribution in [0.3, 0.4) is 0 Å². The summed E-state index contributed by atoms with van der Waals surface area (Å²) in [5.41, 5.74) is 2.48. The van der Waals surface area contributed by atoms with Gasteiger partial charge in [-0.05, 0) is 25.1 Å². The van der Waals surface area contributed by atoms with E-state index in [2.05, 4.69) is 22.9 Å². The third-order valence-electron chi connectivity index (χ3n) is 3.15. The Bertz CT molecular complexity index is 560. The number of nitrogens with one attached hydrogen (secondary N) is 1. The minimum atomic E-state index is 0.457. The van der Waals surface area contributed by atoms with Gasteiger partial charge in [-0.2, -0.15) is 0 Å². The minimum absolute atomic E-state index is 0.457. The molecular weight excluding hydrogens is 243 g/mol. The molecule has 1 aromatic carbocycles. The van der Waals surface area contributed by atoms with E-state index in [1.807, 2.05) is 12.1 Å². The van der Waals surface area contributed by atoms with Gasteiger partial charge in [0.15, 0.2) is 0 Å². The molecule has 1 atom stereocenters. The van der Waals surface area contributed by atoms with Gasteiger partial charge in [-0.15, -0.1) is 0 Å². The summed E-state index contributed by atoms with van der Waals surface area (Å²) in [5, 5.41) is 5.81. The molecule has 0 aliphatic carbocycles. The van der Waals surface area contributed by atoms with Crippen LogP contribution in [-0.4, -0.2) is 11.1 Å². The van der Waals surface area contributed by atoms with Crippen LogP contribution in [0.2, 0.25) is 10.0 Å². The molecule has 84 valence electrons. The molecule has 0 fully saturated rings. The number of nitrogens with zero attached hydrogens (tertiary/aromatic N) is 1. The molecule has 1 aliphatic rings. The number of hydrogen-bond acceptors (Lipinski definition) is 1. The largest absolute Gasteiger partial charge is 0.339 e. The molecule has 4 heteroatoms. The molecule has 1 aliphatic heterocycles. The quantitative estimate of drug-likeness (QED) is 0.760. The number of benzene rings is 1. The third-order valence-corrected chi connectivity index (χ3v) is 3.87. The molecule has 16 heavy (non-hydrogen) atoms. The fraction of sp³-hybridized carbons (Fsp3) is 0.333. The smallest absolute Gasteiger partial charge is 0.0613 e. The number of fused-ring (bicyclic) bond motifs is 3.